The highest BCUT2D eigenvalue weighted by atomic mass is 16.5. The lowest BCUT2D eigenvalue weighted by molar-refractivity contribution is -0.116. The van der Waals surface area contributed by atoms with Crippen LogP contribution in [0.2, 0.25) is 0 Å². The first-order valence-corrected chi connectivity index (χ1v) is 10.9. The van der Waals surface area contributed by atoms with Crippen LogP contribution in [0.15, 0.2) is 90.1 Å². The van der Waals surface area contributed by atoms with Crippen LogP contribution in [-0.4, -0.2) is 12.4 Å². The highest BCUT2D eigenvalue weighted by molar-refractivity contribution is 6.01. The molecule has 2 aliphatic rings. The fraction of sp³-hybridized carbons (Fsp3) is 0.222. The summed E-state index contributed by atoms with van der Waals surface area (Å²) in [7, 11) is 0. The van der Waals surface area contributed by atoms with Crippen LogP contribution in [0.1, 0.15) is 42.9 Å². The molecule has 0 amide bonds. The molecule has 0 spiro atoms. The summed E-state index contributed by atoms with van der Waals surface area (Å²) in [6.07, 6.45) is 1.34. The minimum atomic E-state index is -0.203. The molecule has 0 bridgehead atoms. The second-order valence-corrected chi connectivity index (χ2v) is 8.08. The Kier molecular flexibility index (Phi) is 5.21. The number of carbonyl (C=O) groups is 1. The number of ether oxygens (including phenoxy) is 1. The third-order valence-corrected chi connectivity index (χ3v) is 6.10. The number of benzene rings is 3. The van der Waals surface area contributed by atoms with Crippen molar-refractivity contribution in [1.82, 2.24) is 0 Å². The fourth-order valence-electron chi connectivity index (χ4n) is 4.63. The SMILES string of the molecule is CCOc1ccc([C@H]2Nc3ccccc3NC3=C2C(=O)C[C@H](c2ccccc2)C3)cc1. The first kappa shape index (κ1) is 19.4. The number of rotatable bonds is 4. The van der Waals surface area contributed by atoms with Gasteiger partial charge in [0.15, 0.2) is 5.78 Å². The van der Waals surface area contributed by atoms with Gasteiger partial charge < -0.3 is 15.4 Å². The minimum Gasteiger partial charge on any atom is -0.494 e. The number of hydrogen-bond acceptors (Lipinski definition) is 4. The summed E-state index contributed by atoms with van der Waals surface area (Å²) in [5.41, 5.74) is 6.13. The quantitative estimate of drug-likeness (QED) is 0.548. The maximum Gasteiger partial charge on any atom is 0.163 e. The molecule has 0 radical (unpaired) electrons. The van der Waals surface area contributed by atoms with Gasteiger partial charge in [0.2, 0.25) is 0 Å². The van der Waals surface area contributed by atoms with Gasteiger partial charge in [-0.05, 0) is 54.7 Å². The van der Waals surface area contributed by atoms with Crippen molar-refractivity contribution >= 4 is 17.2 Å². The third-order valence-electron chi connectivity index (χ3n) is 6.10. The second-order valence-electron chi connectivity index (χ2n) is 8.08. The van der Waals surface area contributed by atoms with Gasteiger partial charge in [0.25, 0.3) is 0 Å². The number of Topliss-reactive ketones (excluding diaryl/α,β-unsaturated/α-hetero) is 1. The van der Waals surface area contributed by atoms with Gasteiger partial charge >= 0.3 is 0 Å². The predicted octanol–water partition coefficient (Wildman–Crippen LogP) is 6.06. The number of hydrogen-bond donors (Lipinski definition) is 2. The number of fused-ring (bicyclic) bond motifs is 1. The van der Waals surface area contributed by atoms with Gasteiger partial charge in [-0.25, -0.2) is 0 Å². The molecule has 0 saturated carbocycles. The first-order valence-electron chi connectivity index (χ1n) is 10.9. The topological polar surface area (TPSA) is 50.4 Å². The van der Waals surface area contributed by atoms with E-state index in [1.54, 1.807) is 0 Å². The Balaban J connectivity index is 1.57. The van der Waals surface area contributed by atoms with E-state index in [4.69, 9.17) is 4.74 Å². The summed E-state index contributed by atoms with van der Waals surface area (Å²) in [5, 5.41) is 7.22. The number of nitrogens with one attached hydrogen (secondary N) is 2. The summed E-state index contributed by atoms with van der Waals surface area (Å²) in [6, 6.07) is 26.4. The standard InChI is InChI=1S/C27H26N2O2/c1-2-31-21-14-12-19(13-15-21)27-26-24(28-22-10-6-7-11-23(22)29-27)16-20(17-25(26)30)18-8-4-3-5-9-18/h3-15,20,27-29H,2,16-17H2,1H3/t20-,27-/m1/s1. The van der Waals surface area contributed by atoms with Crippen molar-refractivity contribution in [2.24, 2.45) is 0 Å². The lowest BCUT2D eigenvalue weighted by atomic mass is 9.78. The van der Waals surface area contributed by atoms with Crippen LogP contribution in [0.5, 0.6) is 5.75 Å². The normalized spacial score (nSPS) is 20.1. The van der Waals surface area contributed by atoms with Crippen LogP contribution in [0, 0.1) is 0 Å². The maximum atomic E-state index is 13.5. The molecular weight excluding hydrogens is 384 g/mol. The van der Waals surface area contributed by atoms with Crippen molar-refractivity contribution in [2.75, 3.05) is 17.2 Å². The van der Waals surface area contributed by atoms with Crippen LogP contribution >= 0.6 is 0 Å². The number of ketones is 1. The molecule has 3 aromatic carbocycles. The van der Waals surface area contributed by atoms with Crippen molar-refractivity contribution < 1.29 is 9.53 Å². The molecule has 5 rings (SSSR count). The molecule has 0 saturated heterocycles. The van der Waals surface area contributed by atoms with Gasteiger partial charge in [-0.2, -0.15) is 0 Å². The highest BCUT2D eigenvalue weighted by Gasteiger charge is 2.35. The second kappa shape index (κ2) is 8.31. The molecule has 31 heavy (non-hydrogen) atoms. The summed E-state index contributed by atoms with van der Waals surface area (Å²) in [4.78, 5) is 13.5. The van der Waals surface area contributed by atoms with Crippen LogP contribution < -0.4 is 15.4 Å². The van der Waals surface area contributed by atoms with Crippen LogP contribution in [0.3, 0.4) is 0 Å². The number of carbonyl (C=O) groups excluding carboxylic acids is 1. The molecular formula is C27H26N2O2. The van der Waals surface area contributed by atoms with Gasteiger partial charge in [0, 0.05) is 17.7 Å². The average molecular weight is 411 g/mol. The zero-order valence-corrected chi connectivity index (χ0v) is 17.6. The lowest BCUT2D eigenvalue weighted by Crippen LogP contribution is -2.26. The number of para-hydroxylation sites is 2. The smallest absolute Gasteiger partial charge is 0.163 e. The predicted molar refractivity (Wildman–Crippen MR) is 124 cm³/mol. The molecule has 2 N–H and O–H groups in total. The van der Waals surface area contributed by atoms with Crippen LogP contribution in [-0.2, 0) is 4.79 Å². The maximum absolute atomic E-state index is 13.5. The van der Waals surface area contributed by atoms with E-state index < -0.39 is 0 Å². The summed E-state index contributed by atoms with van der Waals surface area (Å²) >= 11 is 0. The van der Waals surface area contributed by atoms with E-state index in [1.807, 2.05) is 49.4 Å². The Morgan fingerprint density at radius 3 is 2.29 bits per heavy atom. The summed E-state index contributed by atoms with van der Waals surface area (Å²) in [5.74, 6) is 1.22. The van der Waals surface area contributed by atoms with Crippen molar-refractivity contribution in [1.29, 1.82) is 0 Å². The Bertz CT molecular complexity index is 1120. The molecule has 4 heteroatoms. The number of allylic oxidation sites excluding steroid dienone is 1. The Morgan fingerprint density at radius 1 is 0.839 bits per heavy atom. The molecule has 1 heterocycles. The number of anilines is 2. The molecule has 0 unspecified atom stereocenters. The average Bonchev–Trinajstić information content (AvgIpc) is 2.97. The van der Waals surface area contributed by atoms with Gasteiger partial charge in [0.1, 0.15) is 5.75 Å². The van der Waals surface area contributed by atoms with Crippen LogP contribution in [0.25, 0.3) is 0 Å². The highest BCUT2D eigenvalue weighted by Crippen LogP contribution is 2.44. The molecule has 0 aromatic heterocycles. The van der Waals surface area contributed by atoms with Crippen molar-refractivity contribution in [3.05, 3.63) is 101 Å². The van der Waals surface area contributed by atoms with Gasteiger partial charge in [-0.15, -0.1) is 0 Å². The molecule has 1 aliphatic carbocycles. The molecule has 156 valence electrons. The van der Waals surface area contributed by atoms with E-state index in [-0.39, 0.29) is 17.7 Å². The Morgan fingerprint density at radius 2 is 1.55 bits per heavy atom. The summed E-state index contributed by atoms with van der Waals surface area (Å²) < 4.78 is 5.61. The first-order chi connectivity index (χ1) is 15.2. The van der Waals surface area contributed by atoms with Crippen molar-refractivity contribution in [3.8, 4) is 5.75 Å². The van der Waals surface area contributed by atoms with E-state index in [1.165, 1.54) is 5.56 Å². The van der Waals surface area contributed by atoms with E-state index in [2.05, 4.69) is 47.0 Å². The molecule has 0 fully saturated rings. The largest absolute Gasteiger partial charge is 0.494 e. The Labute approximate surface area is 183 Å². The van der Waals surface area contributed by atoms with Gasteiger partial charge in [0.05, 0.1) is 24.0 Å². The van der Waals surface area contributed by atoms with Crippen molar-refractivity contribution in [3.63, 3.8) is 0 Å². The monoisotopic (exact) mass is 410 g/mol. The molecule has 4 nitrogen and oxygen atoms in total. The fourth-order valence-corrected chi connectivity index (χ4v) is 4.63. The third kappa shape index (κ3) is 3.81. The minimum absolute atomic E-state index is 0.186. The van der Waals surface area contributed by atoms with E-state index in [9.17, 15) is 4.79 Å². The van der Waals surface area contributed by atoms with Crippen molar-refractivity contribution in [2.45, 2.75) is 31.7 Å². The van der Waals surface area contributed by atoms with E-state index >= 15 is 0 Å². The Hall–Kier alpha value is -3.53. The van der Waals surface area contributed by atoms with Gasteiger partial charge in [-0.1, -0.05) is 54.6 Å². The van der Waals surface area contributed by atoms with Crippen LogP contribution in [0.4, 0.5) is 11.4 Å². The van der Waals surface area contributed by atoms with Gasteiger partial charge in [-0.3, -0.25) is 4.79 Å². The van der Waals surface area contributed by atoms with E-state index in [0.717, 1.165) is 40.4 Å². The molecule has 3 aromatic rings. The lowest BCUT2D eigenvalue weighted by Gasteiger charge is -2.30. The molecule has 1 aliphatic heterocycles. The zero-order valence-electron chi connectivity index (χ0n) is 17.6. The zero-order chi connectivity index (χ0) is 21.2. The van der Waals surface area contributed by atoms with E-state index in [0.29, 0.717) is 13.0 Å². The summed E-state index contributed by atoms with van der Waals surface area (Å²) in [6.45, 7) is 2.61. The molecule has 2 atom stereocenters.